The molecule has 3 heteroatoms. The Morgan fingerprint density at radius 1 is 1.11 bits per heavy atom. The maximum absolute atomic E-state index is 2.78. The maximum Gasteiger partial charge on any atom is 0.0801 e. The van der Waals surface area contributed by atoms with E-state index in [9.17, 15) is 0 Å². The first-order valence-corrected chi connectivity index (χ1v) is 8.49. The van der Waals surface area contributed by atoms with Gasteiger partial charge in [0.2, 0.25) is 0 Å². The highest BCUT2D eigenvalue weighted by Crippen LogP contribution is 2.43. The van der Waals surface area contributed by atoms with Crippen LogP contribution in [0.3, 0.4) is 0 Å². The van der Waals surface area contributed by atoms with Gasteiger partial charge in [-0.25, -0.2) is 0 Å². The predicted octanol–water partition coefficient (Wildman–Crippen LogP) is 3.42. The van der Waals surface area contributed by atoms with Crippen LogP contribution in [0.15, 0.2) is 0 Å². The molecule has 0 saturated carbocycles. The predicted molar refractivity (Wildman–Crippen MR) is 82.2 cm³/mol. The van der Waals surface area contributed by atoms with Gasteiger partial charge >= 0.3 is 0 Å². The third-order valence-electron chi connectivity index (χ3n) is 4.44. The van der Waals surface area contributed by atoms with Crippen LogP contribution in [0.2, 0.25) is 0 Å². The number of rotatable bonds is 1. The van der Waals surface area contributed by atoms with Crippen molar-refractivity contribution in [3.05, 3.63) is 0 Å². The standard InChI is InChI=1S/C15H30N2S/c1-13(2)17-10-7-11-18-15(17)8-6-9-16(12-15)14(3,4)5/h13H,6-12H2,1-5H3. The fraction of sp³-hybridized carbons (Fsp3) is 1.00. The summed E-state index contributed by atoms with van der Waals surface area (Å²) in [6.07, 6.45) is 4.09. The van der Waals surface area contributed by atoms with Crippen LogP contribution in [0.25, 0.3) is 0 Å². The molecule has 0 aromatic carbocycles. The fourth-order valence-corrected chi connectivity index (χ4v) is 5.10. The molecule has 2 nitrogen and oxygen atoms in total. The Morgan fingerprint density at radius 3 is 2.44 bits per heavy atom. The van der Waals surface area contributed by atoms with Crippen molar-refractivity contribution in [3.8, 4) is 0 Å². The van der Waals surface area contributed by atoms with E-state index >= 15 is 0 Å². The number of hydrogen-bond acceptors (Lipinski definition) is 3. The molecule has 0 aromatic rings. The Balaban J connectivity index is 2.17. The molecule has 0 amide bonds. The topological polar surface area (TPSA) is 6.48 Å². The minimum absolute atomic E-state index is 0.314. The van der Waals surface area contributed by atoms with Crippen molar-refractivity contribution < 1.29 is 0 Å². The molecule has 18 heavy (non-hydrogen) atoms. The molecule has 0 bridgehead atoms. The lowest BCUT2D eigenvalue weighted by Crippen LogP contribution is -2.63. The van der Waals surface area contributed by atoms with Crippen LogP contribution in [-0.2, 0) is 0 Å². The molecule has 106 valence electrons. The molecule has 1 unspecified atom stereocenters. The van der Waals surface area contributed by atoms with Crippen molar-refractivity contribution in [2.45, 2.75) is 70.3 Å². The van der Waals surface area contributed by atoms with Crippen LogP contribution < -0.4 is 0 Å². The van der Waals surface area contributed by atoms with E-state index < -0.39 is 0 Å². The minimum Gasteiger partial charge on any atom is -0.296 e. The number of hydrogen-bond donors (Lipinski definition) is 0. The van der Waals surface area contributed by atoms with Crippen LogP contribution >= 0.6 is 11.8 Å². The largest absolute Gasteiger partial charge is 0.296 e. The number of thioether (sulfide) groups is 1. The molecule has 0 N–H and O–H groups in total. The molecule has 1 atom stereocenters. The van der Waals surface area contributed by atoms with Gasteiger partial charge in [-0.3, -0.25) is 9.80 Å². The van der Waals surface area contributed by atoms with Gasteiger partial charge in [0.25, 0.3) is 0 Å². The van der Waals surface area contributed by atoms with Gasteiger partial charge in [0.1, 0.15) is 0 Å². The quantitative estimate of drug-likeness (QED) is 0.721. The van der Waals surface area contributed by atoms with E-state index in [0.717, 1.165) is 0 Å². The Hall–Kier alpha value is 0.270. The van der Waals surface area contributed by atoms with Gasteiger partial charge in [0.05, 0.1) is 4.87 Å². The summed E-state index contributed by atoms with van der Waals surface area (Å²) in [7, 11) is 0. The van der Waals surface area contributed by atoms with Crippen LogP contribution in [0.4, 0.5) is 0 Å². The smallest absolute Gasteiger partial charge is 0.0801 e. The molecule has 0 aliphatic carbocycles. The van der Waals surface area contributed by atoms with Crippen molar-refractivity contribution >= 4 is 11.8 Å². The summed E-state index contributed by atoms with van der Waals surface area (Å²) < 4.78 is 0. The van der Waals surface area contributed by atoms with E-state index in [1.165, 1.54) is 44.6 Å². The zero-order chi connectivity index (χ0) is 13.4. The van der Waals surface area contributed by atoms with Gasteiger partial charge in [-0.05, 0) is 66.2 Å². The highest BCUT2D eigenvalue weighted by molar-refractivity contribution is 8.00. The lowest BCUT2D eigenvalue weighted by atomic mass is 9.95. The molecule has 2 saturated heterocycles. The average Bonchev–Trinajstić information content (AvgIpc) is 2.28. The van der Waals surface area contributed by atoms with Gasteiger partial charge in [-0.1, -0.05) is 0 Å². The molecule has 2 rings (SSSR count). The number of nitrogens with zero attached hydrogens (tertiary/aromatic N) is 2. The van der Waals surface area contributed by atoms with Crippen LogP contribution in [0, 0.1) is 0 Å². The molecule has 0 aromatic heterocycles. The Bertz CT molecular complexity index is 281. The molecular formula is C15H30N2S. The van der Waals surface area contributed by atoms with Gasteiger partial charge < -0.3 is 0 Å². The Kier molecular flexibility index (Phi) is 4.35. The summed E-state index contributed by atoms with van der Waals surface area (Å²) in [5.74, 6) is 1.35. The third-order valence-corrected chi connectivity index (χ3v) is 6.04. The molecule has 2 fully saturated rings. The summed E-state index contributed by atoms with van der Waals surface area (Å²) in [4.78, 5) is 5.88. The first kappa shape index (κ1) is 14.7. The molecule has 2 heterocycles. The highest BCUT2D eigenvalue weighted by Gasteiger charge is 2.45. The van der Waals surface area contributed by atoms with Crippen molar-refractivity contribution in [1.82, 2.24) is 9.80 Å². The van der Waals surface area contributed by atoms with E-state index in [1.54, 1.807) is 0 Å². The molecule has 1 spiro atoms. The van der Waals surface area contributed by atoms with Crippen LogP contribution in [-0.4, -0.2) is 51.6 Å². The summed E-state index contributed by atoms with van der Waals surface area (Å²) in [6.45, 7) is 15.6. The summed E-state index contributed by atoms with van der Waals surface area (Å²) >= 11 is 2.23. The van der Waals surface area contributed by atoms with Crippen molar-refractivity contribution in [1.29, 1.82) is 0 Å². The summed E-state index contributed by atoms with van der Waals surface area (Å²) in [6, 6.07) is 0.678. The number of likely N-dealkylation sites (tertiary alicyclic amines) is 1. The maximum atomic E-state index is 2.78. The van der Waals surface area contributed by atoms with Gasteiger partial charge in [-0.15, -0.1) is 11.8 Å². The Labute approximate surface area is 117 Å². The van der Waals surface area contributed by atoms with Crippen LogP contribution in [0.5, 0.6) is 0 Å². The first-order chi connectivity index (χ1) is 8.35. The fourth-order valence-electron chi connectivity index (χ4n) is 3.44. The van der Waals surface area contributed by atoms with Crippen molar-refractivity contribution in [2.75, 3.05) is 25.4 Å². The zero-order valence-electron chi connectivity index (χ0n) is 12.8. The average molecular weight is 270 g/mol. The van der Waals surface area contributed by atoms with E-state index in [1.807, 2.05) is 0 Å². The lowest BCUT2D eigenvalue weighted by molar-refractivity contribution is 0.0100. The highest BCUT2D eigenvalue weighted by atomic mass is 32.2. The molecule has 2 aliphatic heterocycles. The van der Waals surface area contributed by atoms with Gasteiger partial charge in [0, 0.05) is 24.7 Å². The second-order valence-electron chi connectivity index (χ2n) is 7.13. The first-order valence-electron chi connectivity index (χ1n) is 7.51. The summed E-state index contributed by atoms with van der Waals surface area (Å²) in [5, 5.41) is 0. The van der Waals surface area contributed by atoms with Crippen molar-refractivity contribution in [2.24, 2.45) is 0 Å². The zero-order valence-corrected chi connectivity index (χ0v) is 13.6. The molecule has 0 radical (unpaired) electrons. The van der Waals surface area contributed by atoms with E-state index in [-0.39, 0.29) is 0 Å². The minimum atomic E-state index is 0.314. The number of piperidine rings is 1. The second kappa shape index (κ2) is 5.34. The SMILES string of the molecule is CC(C)N1CCCSC12CCCN(C(C)(C)C)C2. The lowest BCUT2D eigenvalue weighted by Gasteiger charge is -2.55. The molecule has 2 aliphatic rings. The van der Waals surface area contributed by atoms with E-state index in [0.29, 0.717) is 16.5 Å². The van der Waals surface area contributed by atoms with E-state index in [4.69, 9.17) is 0 Å². The van der Waals surface area contributed by atoms with Gasteiger partial charge in [0.15, 0.2) is 0 Å². The Morgan fingerprint density at radius 2 is 1.83 bits per heavy atom. The van der Waals surface area contributed by atoms with Gasteiger partial charge in [-0.2, -0.15) is 0 Å². The van der Waals surface area contributed by atoms with Crippen LogP contribution in [0.1, 0.15) is 53.9 Å². The normalized spacial score (nSPS) is 32.3. The van der Waals surface area contributed by atoms with Crippen molar-refractivity contribution in [3.63, 3.8) is 0 Å². The summed E-state index contributed by atoms with van der Waals surface area (Å²) in [5.41, 5.74) is 0.314. The third kappa shape index (κ3) is 2.88. The second-order valence-corrected chi connectivity index (χ2v) is 8.59. The monoisotopic (exact) mass is 270 g/mol. The van der Waals surface area contributed by atoms with E-state index in [2.05, 4.69) is 56.2 Å². The molecular weight excluding hydrogens is 240 g/mol.